The molecule has 0 bridgehead atoms. The van der Waals surface area contributed by atoms with Gasteiger partial charge in [0, 0.05) is 24.0 Å². The van der Waals surface area contributed by atoms with Gasteiger partial charge in [-0.3, -0.25) is 14.2 Å². The topological polar surface area (TPSA) is 64.4 Å². The summed E-state index contributed by atoms with van der Waals surface area (Å²) in [5.41, 5.74) is 3.62. The lowest BCUT2D eigenvalue weighted by Gasteiger charge is -2.26. The quantitative estimate of drug-likeness (QED) is 0.245. The third-order valence-corrected chi connectivity index (χ3v) is 8.58. The standard InChI is InChI=1S/C28H29N3O3S2/c1-17(2)22-14-21-23(15-34-22)36-26-25(21)27(33)31(20-12-8-9-18(3)13-20)28(29-26)35-16-24(32)30(4)19-10-6-5-7-11-19/h5-13,17,22H,14-16H2,1-4H3/t22-/m0/s1. The van der Waals surface area contributed by atoms with Crippen molar-refractivity contribution in [2.75, 3.05) is 17.7 Å². The van der Waals surface area contributed by atoms with Crippen molar-refractivity contribution in [1.29, 1.82) is 0 Å². The fourth-order valence-corrected chi connectivity index (χ4v) is 6.54. The summed E-state index contributed by atoms with van der Waals surface area (Å²) in [5, 5.41) is 1.20. The minimum Gasteiger partial charge on any atom is -0.372 e. The lowest BCUT2D eigenvalue weighted by Crippen LogP contribution is -2.29. The molecule has 2 aromatic heterocycles. The van der Waals surface area contributed by atoms with Gasteiger partial charge in [-0.2, -0.15) is 0 Å². The zero-order valence-corrected chi connectivity index (χ0v) is 22.5. The molecule has 1 amide bonds. The number of amides is 1. The summed E-state index contributed by atoms with van der Waals surface area (Å²) in [6.07, 6.45) is 0.798. The summed E-state index contributed by atoms with van der Waals surface area (Å²) in [5.74, 6) is 0.469. The van der Waals surface area contributed by atoms with Crippen molar-refractivity contribution in [2.45, 2.75) is 45.1 Å². The van der Waals surface area contributed by atoms with Crippen LogP contribution in [-0.2, 0) is 22.6 Å². The number of ether oxygens (including phenoxy) is 1. The minimum atomic E-state index is -0.0844. The van der Waals surface area contributed by atoms with Gasteiger partial charge in [-0.15, -0.1) is 11.3 Å². The number of para-hydroxylation sites is 1. The van der Waals surface area contributed by atoms with Gasteiger partial charge < -0.3 is 9.64 Å². The van der Waals surface area contributed by atoms with Crippen LogP contribution in [0.15, 0.2) is 64.5 Å². The molecular formula is C28H29N3O3S2. The van der Waals surface area contributed by atoms with E-state index in [1.165, 1.54) is 23.1 Å². The molecule has 0 unspecified atom stereocenters. The molecule has 4 aromatic rings. The number of benzene rings is 2. The lowest BCUT2D eigenvalue weighted by atomic mass is 9.96. The van der Waals surface area contributed by atoms with Crippen LogP contribution in [0.5, 0.6) is 0 Å². The van der Waals surface area contributed by atoms with Crippen molar-refractivity contribution >= 4 is 44.9 Å². The maximum atomic E-state index is 14.1. The fraction of sp³-hybridized carbons (Fsp3) is 0.321. The Hall–Kier alpha value is -2.94. The normalized spacial score (nSPS) is 15.3. The number of nitrogens with zero attached hydrogens (tertiary/aromatic N) is 3. The van der Waals surface area contributed by atoms with Crippen molar-refractivity contribution in [3.8, 4) is 5.69 Å². The lowest BCUT2D eigenvalue weighted by molar-refractivity contribution is -0.115. The van der Waals surface area contributed by atoms with Crippen LogP contribution < -0.4 is 10.5 Å². The number of aromatic nitrogens is 2. The largest absolute Gasteiger partial charge is 0.372 e. The molecule has 3 heterocycles. The molecule has 0 aliphatic carbocycles. The smallest absolute Gasteiger partial charge is 0.267 e. The van der Waals surface area contributed by atoms with Gasteiger partial charge in [0.25, 0.3) is 5.56 Å². The highest BCUT2D eigenvalue weighted by molar-refractivity contribution is 7.99. The van der Waals surface area contributed by atoms with Gasteiger partial charge in [-0.25, -0.2) is 4.98 Å². The van der Waals surface area contributed by atoms with E-state index in [2.05, 4.69) is 13.8 Å². The molecule has 0 radical (unpaired) electrons. The number of rotatable bonds is 6. The van der Waals surface area contributed by atoms with Crippen LogP contribution in [0.4, 0.5) is 5.69 Å². The molecule has 2 aromatic carbocycles. The van der Waals surface area contributed by atoms with Gasteiger partial charge in [0.2, 0.25) is 5.91 Å². The number of carbonyl (C=O) groups is 1. The third kappa shape index (κ3) is 4.73. The van der Waals surface area contributed by atoms with E-state index in [0.29, 0.717) is 34.3 Å². The molecule has 0 spiro atoms. The van der Waals surface area contributed by atoms with Gasteiger partial charge in [0.1, 0.15) is 4.83 Å². The van der Waals surface area contributed by atoms with Gasteiger partial charge >= 0.3 is 0 Å². The Labute approximate surface area is 218 Å². The van der Waals surface area contributed by atoms with E-state index < -0.39 is 0 Å². The second kappa shape index (κ2) is 10.2. The van der Waals surface area contributed by atoms with E-state index in [-0.39, 0.29) is 23.3 Å². The predicted molar refractivity (Wildman–Crippen MR) is 148 cm³/mol. The van der Waals surface area contributed by atoms with Crippen molar-refractivity contribution in [3.63, 3.8) is 0 Å². The van der Waals surface area contributed by atoms with Gasteiger partial charge in [0.15, 0.2) is 5.16 Å². The van der Waals surface area contributed by atoms with E-state index >= 15 is 0 Å². The summed E-state index contributed by atoms with van der Waals surface area (Å²) in [4.78, 5) is 35.4. The zero-order chi connectivity index (χ0) is 25.4. The summed E-state index contributed by atoms with van der Waals surface area (Å²) in [7, 11) is 1.76. The average Bonchev–Trinajstić information content (AvgIpc) is 3.25. The first-order chi connectivity index (χ1) is 17.3. The molecule has 186 valence electrons. The number of thioether (sulfide) groups is 1. The van der Waals surface area contributed by atoms with Crippen molar-refractivity contribution in [2.24, 2.45) is 5.92 Å². The molecule has 0 saturated heterocycles. The molecule has 36 heavy (non-hydrogen) atoms. The van der Waals surface area contributed by atoms with Crippen LogP contribution in [0, 0.1) is 12.8 Å². The molecule has 0 N–H and O–H groups in total. The number of hydrogen-bond donors (Lipinski definition) is 0. The second-order valence-electron chi connectivity index (χ2n) is 9.43. The molecule has 1 aliphatic heterocycles. The first-order valence-corrected chi connectivity index (χ1v) is 13.8. The molecule has 6 nitrogen and oxygen atoms in total. The van der Waals surface area contributed by atoms with E-state index in [1.807, 2.05) is 61.5 Å². The highest BCUT2D eigenvalue weighted by Crippen LogP contribution is 2.36. The van der Waals surface area contributed by atoms with Crippen LogP contribution in [0.3, 0.4) is 0 Å². The van der Waals surface area contributed by atoms with Crippen LogP contribution in [0.2, 0.25) is 0 Å². The number of aryl methyl sites for hydroxylation is 1. The Morgan fingerprint density at radius 3 is 2.72 bits per heavy atom. The Morgan fingerprint density at radius 1 is 1.22 bits per heavy atom. The monoisotopic (exact) mass is 519 g/mol. The van der Waals surface area contributed by atoms with Gasteiger partial charge in [-0.05, 0) is 48.2 Å². The predicted octanol–water partition coefficient (Wildman–Crippen LogP) is 5.61. The SMILES string of the molecule is Cc1cccc(-n2c(SCC(=O)N(C)c3ccccc3)nc3sc4c(c3c2=O)C[C@@H](C(C)C)OC4)c1. The minimum absolute atomic E-state index is 0.0602. The Bertz CT molecular complexity index is 1480. The highest BCUT2D eigenvalue weighted by Gasteiger charge is 2.29. The van der Waals surface area contributed by atoms with E-state index in [0.717, 1.165) is 27.4 Å². The molecule has 8 heteroatoms. The van der Waals surface area contributed by atoms with Crippen molar-refractivity contribution < 1.29 is 9.53 Å². The average molecular weight is 520 g/mol. The van der Waals surface area contributed by atoms with E-state index in [4.69, 9.17) is 9.72 Å². The molecule has 5 rings (SSSR count). The molecule has 1 aliphatic rings. The summed E-state index contributed by atoms with van der Waals surface area (Å²) >= 11 is 2.82. The van der Waals surface area contributed by atoms with Gasteiger partial charge in [-0.1, -0.05) is 55.9 Å². The molecule has 0 saturated carbocycles. The summed E-state index contributed by atoms with van der Waals surface area (Å²) in [6, 6.07) is 17.4. The number of thiophene rings is 1. The summed E-state index contributed by atoms with van der Waals surface area (Å²) in [6.45, 7) is 6.80. The Morgan fingerprint density at radius 2 is 2.00 bits per heavy atom. The third-order valence-electron chi connectivity index (χ3n) is 6.56. The van der Waals surface area contributed by atoms with Crippen LogP contribution in [0.25, 0.3) is 15.9 Å². The highest BCUT2D eigenvalue weighted by atomic mass is 32.2. The van der Waals surface area contributed by atoms with Crippen LogP contribution in [0.1, 0.15) is 29.9 Å². The maximum absolute atomic E-state index is 14.1. The fourth-order valence-electron chi connectivity index (χ4n) is 4.45. The summed E-state index contributed by atoms with van der Waals surface area (Å²) < 4.78 is 7.73. The first-order valence-electron chi connectivity index (χ1n) is 12.0. The first kappa shape index (κ1) is 24.7. The van der Waals surface area contributed by atoms with Crippen molar-refractivity contribution in [3.05, 3.63) is 81.0 Å². The molecule has 0 fully saturated rings. The van der Waals surface area contributed by atoms with E-state index in [1.54, 1.807) is 16.5 Å². The van der Waals surface area contributed by atoms with E-state index in [9.17, 15) is 9.59 Å². The number of fused-ring (bicyclic) bond motifs is 3. The molecular weight excluding hydrogens is 490 g/mol. The van der Waals surface area contributed by atoms with Gasteiger partial charge in [0.05, 0.1) is 29.5 Å². The van der Waals surface area contributed by atoms with Crippen LogP contribution >= 0.6 is 23.1 Å². The number of anilines is 1. The van der Waals surface area contributed by atoms with Crippen molar-refractivity contribution in [1.82, 2.24) is 9.55 Å². The zero-order valence-electron chi connectivity index (χ0n) is 20.9. The maximum Gasteiger partial charge on any atom is 0.267 e. The second-order valence-corrected chi connectivity index (χ2v) is 11.5. The van der Waals surface area contributed by atoms with Crippen LogP contribution in [-0.4, -0.2) is 34.4 Å². The number of carbonyl (C=O) groups excluding carboxylic acids is 1. The molecule has 1 atom stereocenters. The number of hydrogen-bond acceptors (Lipinski definition) is 6. The Balaban J connectivity index is 1.57. The Kier molecular flexibility index (Phi) is 7.01.